The van der Waals surface area contributed by atoms with E-state index in [1.54, 1.807) is 0 Å². The molecule has 0 aromatic carbocycles. The molecule has 1 amide bonds. The van der Waals surface area contributed by atoms with Crippen molar-refractivity contribution in [1.82, 2.24) is 5.32 Å². The molecule has 0 aliphatic heterocycles. The lowest BCUT2D eigenvalue weighted by Gasteiger charge is -2.34. The van der Waals surface area contributed by atoms with Gasteiger partial charge in [-0.2, -0.15) is 0 Å². The standard InChI is InChI=1S/C14H28N2O/c1-5-11(2)16-14(12(15)17)8-6-7-13(3,4)9-10-14/h11,16H,5-10H2,1-4H3,(H2,15,17). The smallest absolute Gasteiger partial charge is 0.237 e. The molecule has 1 saturated carbocycles. The van der Waals surface area contributed by atoms with Crippen molar-refractivity contribution in [3.8, 4) is 0 Å². The third-order valence-corrected chi connectivity index (χ3v) is 4.29. The largest absolute Gasteiger partial charge is 0.368 e. The van der Waals surface area contributed by atoms with Crippen LogP contribution >= 0.6 is 0 Å². The van der Waals surface area contributed by atoms with Gasteiger partial charge in [0.25, 0.3) is 0 Å². The van der Waals surface area contributed by atoms with Gasteiger partial charge in [0, 0.05) is 6.04 Å². The van der Waals surface area contributed by atoms with Gasteiger partial charge in [-0.3, -0.25) is 4.79 Å². The van der Waals surface area contributed by atoms with Crippen LogP contribution in [0.2, 0.25) is 0 Å². The topological polar surface area (TPSA) is 55.1 Å². The van der Waals surface area contributed by atoms with Gasteiger partial charge in [-0.05, 0) is 44.4 Å². The van der Waals surface area contributed by atoms with Gasteiger partial charge in [0.15, 0.2) is 0 Å². The van der Waals surface area contributed by atoms with Gasteiger partial charge >= 0.3 is 0 Å². The summed E-state index contributed by atoms with van der Waals surface area (Å²) in [6.45, 7) is 8.83. The summed E-state index contributed by atoms with van der Waals surface area (Å²) in [4.78, 5) is 11.9. The Morgan fingerprint density at radius 2 is 1.94 bits per heavy atom. The highest BCUT2D eigenvalue weighted by Crippen LogP contribution is 2.38. The number of carbonyl (C=O) groups is 1. The molecule has 3 heteroatoms. The summed E-state index contributed by atoms with van der Waals surface area (Å²) in [5.41, 5.74) is 5.53. The van der Waals surface area contributed by atoms with Crippen LogP contribution in [0.4, 0.5) is 0 Å². The van der Waals surface area contributed by atoms with E-state index in [2.05, 4.69) is 33.0 Å². The molecule has 2 atom stereocenters. The Bertz CT molecular complexity index is 275. The lowest BCUT2D eigenvalue weighted by atomic mass is 9.83. The molecule has 0 aromatic heterocycles. The zero-order chi connectivity index (χ0) is 13.1. The number of hydrogen-bond acceptors (Lipinski definition) is 2. The molecule has 0 spiro atoms. The number of carbonyl (C=O) groups excluding carboxylic acids is 1. The first-order chi connectivity index (χ1) is 7.81. The molecule has 1 rings (SSSR count). The summed E-state index contributed by atoms with van der Waals surface area (Å²) in [6.07, 6.45) is 6.12. The number of nitrogens with one attached hydrogen (secondary N) is 1. The Morgan fingerprint density at radius 1 is 1.29 bits per heavy atom. The molecule has 0 radical (unpaired) electrons. The molecule has 100 valence electrons. The van der Waals surface area contributed by atoms with Gasteiger partial charge in [-0.15, -0.1) is 0 Å². The zero-order valence-corrected chi connectivity index (χ0v) is 11.8. The third kappa shape index (κ3) is 3.70. The first kappa shape index (κ1) is 14.5. The van der Waals surface area contributed by atoms with Crippen LogP contribution in [0.3, 0.4) is 0 Å². The van der Waals surface area contributed by atoms with Crippen molar-refractivity contribution in [3.63, 3.8) is 0 Å². The first-order valence-corrected chi connectivity index (χ1v) is 6.89. The molecule has 1 fully saturated rings. The number of amides is 1. The van der Waals surface area contributed by atoms with E-state index in [-0.39, 0.29) is 5.91 Å². The summed E-state index contributed by atoms with van der Waals surface area (Å²) < 4.78 is 0. The summed E-state index contributed by atoms with van der Waals surface area (Å²) in [7, 11) is 0. The van der Waals surface area contributed by atoms with Gasteiger partial charge in [-0.1, -0.05) is 27.2 Å². The second-order valence-corrected chi connectivity index (χ2v) is 6.42. The quantitative estimate of drug-likeness (QED) is 0.742. The Balaban J connectivity index is 2.81. The molecule has 3 N–H and O–H groups in total. The zero-order valence-electron chi connectivity index (χ0n) is 11.8. The Hall–Kier alpha value is -0.570. The van der Waals surface area contributed by atoms with Crippen molar-refractivity contribution in [2.75, 3.05) is 0 Å². The highest BCUT2D eigenvalue weighted by molar-refractivity contribution is 5.84. The molecule has 0 aromatic rings. The van der Waals surface area contributed by atoms with E-state index >= 15 is 0 Å². The van der Waals surface area contributed by atoms with Crippen molar-refractivity contribution >= 4 is 5.91 Å². The minimum Gasteiger partial charge on any atom is -0.368 e. The fraction of sp³-hybridized carbons (Fsp3) is 0.929. The molecule has 1 aliphatic rings. The lowest BCUT2D eigenvalue weighted by Crippen LogP contribution is -2.57. The van der Waals surface area contributed by atoms with Gasteiger partial charge in [-0.25, -0.2) is 0 Å². The lowest BCUT2D eigenvalue weighted by molar-refractivity contribution is -0.125. The van der Waals surface area contributed by atoms with Crippen LogP contribution in [-0.4, -0.2) is 17.5 Å². The molecule has 1 aliphatic carbocycles. The summed E-state index contributed by atoms with van der Waals surface area (Å²) in [5.74, 6) is -0.171. The fourth-order valence-corrected chi connectivity index (χ4v) is 2.71. The summed E-state index contributed by atoms with van der Waals surface area (Å²) in [5, 5.41) is 3.48. The van der Waals surface area contributed by atoms with Crippen molar-refractivity contribution in [3.05, 3.63) is 0 Å². The van der Waals surface area contributed by atoms with Crippen molar-refractivity contribution in [1.29, 1.82) is 0 Å². The van der Waals surface area contributed by atoms with E-state index in [1.165, 1.54) is 6.42 Å². The highest BCUT2D eigenvalue weighted by Gasteiger charge is 2.40. The second-order valence-electron chi connectivity index (χ2n) is 6.42. The van der Waals surface area contributed by atoms with Gasteiger partial charge < -0.3 is 11.1 Å². The monoisotopic (exact) mass is 240 g/mol. The third-order valence-electron chi connectivity index (χ3n) is 4.29. The summed E-state index contributed by atoms with van der Waals surface area (Å²) >= 11 is 0. The van der Waals surface area contributed by atoms with Crippen LogP contribution in [0, 0.1) is 5.41 Å². The SMILES string of the molecule is CCC(C)NC1(C(N)=O)CCCC(C)(C)CC1. The Kier molecular flexibility index (Phi) is 4.59. The summed E-state index contributed by atoms with van der Waals surface area (Å²) in [6, 6.07) is 0.351. The van der Waals surface area contributed by atoms with E-state index in [1.807, 2.05) is 0 Å². The van der Waals surface area contributed by atoms with Crippen molar-refractivity contribution in [2.45, 2.75) is 77.8 Å². The predicted molar refractivity (Wildman–Crippen MR) is 71.7 cm³/mol. The molecule has 2 unspecified atom stereocenters. The molecule has 0 bridgehead atoms. The average molecular weight is 240 g/mol. The molecular formula is C14H28N2O. The molecule has 17 heavy (non-hydrogen) atoms. The highest BCUT2D eigenvalue weighted by atomic mass is 16.1. The van der Waals surface area contributed by atoms with Crippen LogP contribution in [0.1, 0.15) is 66.2 Å². The van der Waals surface area contributed by atoms with Crippen LogP contribution in [0.5, 0.6) is 0 Å². The van der Waals surface area contributed by atoms with Crippen molar-refractivity contribution in [2.24, 2.45) is 11.1 Å². The fourth-order valence-electron chi connectivity index (χ4n) is 2.71. The van der Waals surface area contributed by atoms with Crippen LogP contribution in [-0.2, 0) is 4.79 Å². The van der Waals surface area contributed by atoms with Gasteiger partial charge in [0.05, 0.1) is 5.54 Å². The number of hydrogen-bond donors (Lipinski definition) is 2. The minimum atomic E-state index is -0.469. The van der Waals surface area contributed by atoms with Gasteiger partial charge in [0.1, 0.15) is 0 Å². The Labute approximate surface area is 106 Å². The maximum absolute atomic E-state index is 11.9. The van der Waals surface area contributed by atoms with Gasteiger partial charge in [0.2, 0.25) is 5.91 Å². The van der Waals surface area contributed by atoms with Crippen LogP contribution in [0.15, 0.2) is 0 Å². The predicted octanol–water partition coefficient (Wildman–Crippen LogP) is 2.59. The average Bonchev–Trinajstić information content (AvgIpc) is 2.39. The molecular weight excluding hydrogens is 212 g/mol. The normalized spacial score (nSPS) is 30.6. The molecule has 3 nitrogen and oxygen atoms in total. The van der Waals surface area contributed by atoms with Crippen molar-refractivity contribution < 1.29 is 4.79 Å². The second kappa shape index (κ2) is 5.38. The van der Waals surface area contributed by atoms with E-state index < -0.39 is 5.54 Å². The van der Waals surface area contributed by atoms with E-state index in [4.69, 9.17) is 5.73 Å². The van der Waals surface area contributed by atoms with Crippen LogP contribution in [0.25, 0.3) is 0 Å². The van der Waals surface area contributed by atoms with E-state index in [0.717, 1.165) is 32.1 Å². The number of nitrogens with two attached hydrogens (primary N) is 1. The Morgan fingerprint density at radius 3 is 2.47 bits per heavy atom. The maximum Gasteiger partial charge on any atom is 0.237 e. The maximum atomic E-state index is 11.9. The van der Waals surface area contributed by atoms with Crippen LogP contribution < -0.4 is 11.1 Å². The molecule has 0 saturated heterocycles. The molecule has 0 heterocycles. The van der Waals surface area contributed by atoms with E-state index in [0.29, 0.717) is 11.5 Å². The minimum absolute atomic E-state index is 0.171. The first-order valence-electron chi connectivity index (χ1n) is 6.89. The number of rotatable bonds is 4. The number of primary amides is 1. The van der Waals surface area contributed by atoms with E-state index in [9.17, 15) is 4.79 Å².